The minimum Gasteiger partial charge on any atom is -0.336 e. The molecule has 23 heavy (non-hydrogen) atoms. The van der Waals surface area contributed by atoms with E-state index >= 15 is 0 Å². The number of nitrogens with zero attached hydrogens (tertiary/aromatic N) is 2. The first kappa shape index (κ1) is 17.0. The van der Waals surface area contributed by atoms with Crippen molar-refractivity contribution in [3.8, 4) is 0 Å². The molecule has 0 spiro atoms. The molecular weight excluding hydrogens is 313 g/mol. The summed E-state index contributed by atoms with van der Waals surface area (Å²) in [6, 6.07) is 2.13. The van der Waals surface area contributed by atoms with Gasteiger partial charge in [0.05, 0.1) is 5.56 Å². The maximum absolute atomic E-state index is 12.3. The number of hydrogen-bond acceptors (Lipinski definition) is 3. The number of halogens is 3. The highest BCUT2D eigenvalue weighted by Crippen LogP contribution is 2.14. The Balaban J connectivity index is 1.82. The molecule has 0 saturated carbocycles. The third kappa shape index (κ3) is 5.11. The molecule has 2 rings (SSSR count). The molecule has 0 bridgehead atoms. The first-order valence-corrected chi connectivity index (χ1v) is 7.07. The van der Waals surface area contributed by atoms with E-state index < -0.39 is 18.8 Å². The predicted octanol–water partition coefficient (Wildman–Crippen LogP) is 1.47. The predicted molar refractivity (Wildman–Crippen MR) is 75.9 cm³/mol. The topological polar surface area (TPSA) is 74.3 Å². The smallest absolute Gasteiger partial charge is 0.336 e. The van der Waals surface area contributed by atoms with E-state index in [0.717, 1.165) is 5.69 Å². The number of nitrogens with one attached hydrogen (secondary N) is 2. The summed E-state index contributed by atoms with van der Waals surface area (Å²) >= 11 is 0. The minimum atomic E-state index is -4.45. The fraction of sp³-hybridized carbons (Fsp3) is 0.500. The highest BCUT2D eigenvalue weighted by Gasteiger charge is 2.30. The van der Waals surface area contributed by atoms with Crippen LogP contribution in [-0.2, 0) is 0 Å². The van der Waals surface area contributed by atoms with Crippen molar-refractivity contribution in [3.05, 3.63) is 29.6 Å². The molecule has 2 heterocycles. The summed E-state index contributed by atoms with van der Waals surface area (Å²) in [5, 5.41) is 4.18. The lowest BCUT2D eigenvalue weighted by Gasteiger charge is -2.17. The highest BCUT2D eigenvalue weighted by molar-refractivity contribution is 5.94. The number of rotatable bonds is 3. The lowest BCUT2D eigenvalue weighted by molar-refractivity contribution is -0.122. The summed E-state index contributed by atoms with van der Waals surface area (Å²) in [6.07, 6.45) is -2.48. The number of urea groups is 1. The van der Waals surface area contributed by atoms with E-state index in [1.165, 1.54) is 6.20 Å². The van der Waals surface area contributed by atoms with E-state index in [2.05, 4.69) is 10.3 Å². The van der Waals surface area contributed by atoms with Crippen LogP contribution in [0, 0.1) is 6.92 Å². The first-order chi connectivity index (χ1) is 10.7. The van der Waals surface area contributed by atoms with Crippen LogP contribution in [0.4, 0.5) is 18.0 Å². The van der Waals surface area contributed by atoms with Crippen LogP contribution < -0.4 is 10.6 Å². The van der Waals surface area contributed by atoms with E-state index in [1.54, 1.807) is 22.3 Å². The van der Waals surface area contributed by atoms with Crippen molar-refractivity contribution < 1.29 is 22.8 Å². The van der Waals surface area contributed by atoms with Crippen LogP contribution in [0.2, 0.25) is 0 Å². The molecular formula is C14H17F3N4O2. The number of carbonyl (C=O) groups excluding carboxylic acids is 2. The normalized spacial score (nSPS) is 17.9. The Morgan fingerprint density at radius 3 is 2.74 bits per heavy atom. The number of amides is 3. The molecule has 1 aliphatic heterocycles. The van der Waals surface area contributed by atoms with Gasteiger partial charge in [-0.05, 0) is 25.5 Å². The number of likely N-dealkylation sites (tertiary alicyclic amines) is 1. The van der Waals surface area contributed by atoms with Crippen LogP contribution >= 0.6 is 0 Å². The maximum atomic E-state index is 12.3. The lowest BCUT2D eigenvalue weighted by atomic mass is 10.2. The average molecular weight is 330 g/mol. The zero-order valence-electron chi connectivity index (χ0n) is 12.5. The molecule has 1 aromatic heterocycles. The summed E-state index contributed by atoms with van der Waals surface area (Å²) in [5.74, 6) is -0.211. The first-order valence-electron chi connectivity index (χ1n) is 7.07. The zero-order chi connectivity index (χ0) is 17.0. The fourth-order valence-corrected chi connectivity index (χ4v) is 2.26. The van der Waals surface area contributed by atoms with Gasteiger partial charge in [0.15, 0.2) is 0 Å². The molecule has 6 nitrogen and oxygen atoms in total. The van der Waals surface area contributed by atoms with Gasteiger partial charge in [0.2, 0.25) is 0 Å². The minimum absolute atomic E-state index is 0.211. The Morgan fingerprint density at radius 1 is 1.39 bits per heavy atom. The molecule has 0 aromatic carbocycles. The Morgan fingerprint density at radius 2 is 2.13 bits per heavy atom. The number of carbonyl (C=O) groups is 2. The van der Waals surface area contributed by atoms with E-state index in [9.17, 15) is 22.8 Å². The molecule has 9 heteroatoms. The van der Waals surface area contributed by atoms with Crippen LogP contribution in [0.3, 0.4) is 0 Å². The highest BCUT2D eigenvalue weighted by atomic mass is 19.4. The Labute approximate surface area is 131 Å². The largest absolute Gasteiger partial charge is 0.405 e. The molecule has 1 aliphatic rings. The number of pyridine rings is 1. The second-order valence-electron chi connectivity index (χ2n) is 5.37. The van der Waals surface area contributed by atoms with Gasteiger partial charge in [-0.3, -0.25) is 9.78 Å². The van der Waals surface area contributed by atoms with E-state index in [-0.39, 0.29) is 18.5 Å². The second kappa shape index (κ2) is 6.84. The lowest BCUT2D eigenvalue weighted by Crippen LogP contribution is -2.46. The second-order valence-corrected chi connectivity index (χ2v) is 5.37. The molecule has 0 unspecified atom stereocenters. The molecule has 1 saturated heterocycles. The van der Waals surface area contributed by atoms with Gasteiger partial charge in [-0.25, -0.2) is 4.79 Å². The Kier molecular flexibility index (Phi) is 5.07. The van der Waals surface area contributed by atoms with E-state index in [4.69, 9.17) is 0 Å². The number of alkyl halides is 3. The summed E-state index contributed by atoms with van der Waals surface area (Å²) in [4.78, 5) is 29.2. The SMILES string of the molecule is Cc1ccc(C(=O)N2CC[C@@H](NC(=O)NCC(F)(F)F)C2)cn1. The van der Waals surface area contributed by atoms with Crippen molar-refractivity contribution in [3.63, 3.8) is 0 Å². The van der Waals surface area contributed by atoms with Gasteiger partial charge in [-0.2, -0.15) is 13.2 Å². The third-order valence-corrected chi connectivity index (χ3v) is 3.42. The molecule has 3 amide bonds. The van der Waals surface area contributed by atoms with Gasteiger partial charge in [0, 0.05) is 31.0 Å². The molecule has 0 radical (unpaired) electrons. The summed E-state index contributed by atoms with van der Waals surface area (Å²) in [7, 11) is 0. The Bertz CT molecular complexity index is 574. The van der Waals surface area contributed by atoms with Crippen molar-refractivity contribution in [2.45, 2.75) is 25.6 Å². The average Bonchev–Trinajstić information content (AvgIpc) is 2.93. The van der Waals surface area contributed by atoms with Gasteiger partial charge in [0.25, 0.3) is 5.91 Å². The van der Waals surface area contributed by atoms with Crippen LogP contribution in [0.1, 0.15) is 22.5 Å². The van der Waals surface area contributed by atoms with Gasteiger partial charge >= 0.3 is 12.2 Å². The van der Waals surface area contributed by atoms with Crippen LogP contribution in [0.15, 0.2) is 18.3 Å². The number of hydrogen-bond donors (Lipinski definition) is 2. The van der Waals surface area contributed by atoms with Gasteiger partial charge in [0.1, 0.15) is 6.54 Å². The maximum Gasteiger partial charge on any atom is 0.405 e. The van der Waals surface area contributed by atoms with Gasteiger partial charge in [-0.1, -0.05) is 0 Å². The van der Waals surface area contributed by atoms with E-state index in [0.29, 0.717) is 18.5 Å². The quantitative estimate of drug-likeness (QED) is 0.881. The number of aryl methyl sites for hydroxylation is 1. The molecule has 2 N–H and O–H groups in total. The number of aromatic nitrogens is 1. The van der Waals surface area contributed by atoms with Crippen molar-refractivity contribution in [1.82, 2.24) is 20.5 Å². The van der Waals surface area contributed by atoms with Gasteiger partial charge < -0.3 is 15.5 Å². The fourth-order valence-electron chi connectivity index (χ4n) is 2.26. The zero-order valence-corrected chi connectivity index (χ0v) is 12.5. The summed E-state index contributed by atoms with van der Waals surface area (Å²) in [5.41, 5.74) is 1.24. The van der Waals surface area contributed by atoms with Crippen LogP contribution in [0.5, 0.6) is 0 Å². The molecule has 1 atom stereocenters. The van der Waals surface area contributed by atoms with Crippen LogP contribution in [-0.4, -0.2) is 53.7 Å². The van der Waals surface area contributed by atoms with Crippen molar-refractivity contribution in [2.24, 2.45) is 0 Å². The summed E-state index contributed by atoms with van der Waals surface area (Å²) < 4.78 is 36.0. The van der Waals surface area contributed by atoms with Crippen molar-refractivity contribution in [1.29, 1.82) is 0 Å². The third-order valence-electron chi connectivity index (χ3n) is 3.42. The molecule has 1 fully saturated rings. The van der Waals surface area contributed by atoms with Gasteiger partial charge in [-0.15, -0.1) is 0 Å². The summed E-state index contributed by atoms with van der Waals surface area (Å²) in [6.45, 7) is 1.11. The van der Waals surface area contributed by atoms with Crippen LogP contribution in [0.25, 0.3) is 0 Å². The van der Waals surface area contributed by atoms with Crippen molar-refractivity contribution in [2.75, 3.05) is 19.6 Å². The van der Waals surface area contributed by atoms with E-state index in [1.807, 2.05) is 6.92 Å². The molecule has 0 aliphatic carbocycles. The standard InChI is InChI=1S/C14H17F3N4O2/c1-9-2-3-10(6-18-9)12(22)21-5-4-11(7-21)20-13(23)19-8-14(15,16)17/h2-3,6,11H,4-5,7-8H2,1H3,(H2,19,20,23)/t11-/m1/s1. The molecule has 1 aromatic rings. The van der Waals surface area contributed by atoms with Crippen molar-refractivity contribution >= 4 is 11.9 Å². The Hall–Kier alpha value is -2.32. The monoisotopic (exact) mass is 330 g/mol. The molecule has 126 valence electrons.